The van der Waals surface area contributed by atoms with Gasteiger partial charge in [-0.3, -0.25) is 0 Å². The van der Waals surface area contributed by atoms with Gasteiger partial charge in [-0.05, 0) is 17.5 Å². The highest BCUT2D eigenvalue weighted by molar-refractivity contribution is 5.82. The molecule has 68 valence electrons. The van der Waals surface area contributed by atoms with Crippen molar-refractivity contribution >= 4 is 10.9 Å². The number of methoxy groups -OCH3 is 1. The maximum absolute atomic E-state index is 5.60. The molecule has 0 bridgehead atoms. The van der Waals surface area contributed by atoms with E-state index in [1.54, 1.807) is 7.11 Å². The van der Waals surface area contributed by atoms with Crippen LogP contribution in [0.4, 0.5) is 0 Å². The molecule has 0 aliphatic rings. The predicted octanol–water partition coefficient (Wildman–Crippen LogP) is 1.64. The summed E-state index contributed by atoms with van der Waals surface area (Å²) in [5.74, 6) is 0.845. The van der Waals surface area contributed by atoms with Crippen molar-refractivity contribution in [2.75, 3.05) is 7.11 Å². The van der Waals surface area contributed by atoms with Gasteiger partial charge in [0.15, 0.2) is 0 Å². The second-order valence-electron chi connectivity index (χ2n) is 2.93. The molecule has 0 radical (unpaired) electrons. The van der Waals surface area contributed by atoms with E-state index in [0.717, 1.165) is 16.8 Å². The molecule has 1 aromatic heterocycles. The smallest absolute Gasteiger partial charge is 0.125 e. The van der Waals surface area contributed by atoms with E-state index in [2.05, 4.69) is 4.98 Å². The summed E-state index contributed by atoms with van der Waals surface area (Å²) in [6.45, 7) is 0.504. The van der Waals surface area contributed by atoms with Gasteiger partial charge in [0.05, 0.1) is 7.11 Å². The van der Waals surface area contributed by atoms with E-state index in [9.17, 15) is 0 Å². The van der Waals surface area contributed by atoms with Gasteiger partial charge in [-0.25, -0.2) is 0 Å². The third-order valence-corrected chi connectivity index (χ3v) is 2.17. The summed E-state index contributed by atoms with van der Waals surface area (Å²) in [7, 11) is 1.66. The topological polar surface area (TPSA) is 51.0 Å². The summed E-state index contributed by atoms with van der Waals surface area (Å²) in [5.41, 5.74) is 7.71. The predicted molar refractivity (Wildman–Crippen MR) is 52.7 cm³/mol. The number of fused-ring (bicyclic) bond motifs is 1. The fourth-order valence-electron chi connectivity index (χ4n) is 1.48. The summed E-state index contributed by atoms with van der Waals surface area (Å²) in [6.07, 6.45) is 1.91. The SMILES string of the molecule is COc1cc2[nH]ccc2cc1CN. The quantitative estimate of drug-likeness (QED) is 0.730. The fourth-order valence-corrected chi connectivity index (χ4v) is 1.48. The second-order valence-corrected chi connectivity index (χ2v) is 2.93. The van der Waals surface area contributed by atoms with Crippen molar-refractivity contribution in [2.45, 2.75) is 6.54 Å². The van der Waals surface area contributed by atoms with Crippen LogP contribution in [0.2, 0.25) is 0 Å². The molecule has 13 heavy (non-hydrogen) atoms. The summed E-state index contributed by atoms with van der Waals surface area (Å²) in [4.78, 5) is 3.12. The average Bonchev–Trinajstić information content (AvgIpc) is 2.62. The van der Waals surface area contributed by atoms with Gasteiger partial charge in [-0.2, -0.15) is 0 Å². The molecule has 2 aromatic rings. The van der Waals surface area contributed by atoms with Crippen LogP contribution in [0.15, 0.2) is 24.4 Å². The summed E-state index contributed by atoms with van der Waals surface area (Å²) >= 11 is 0. The van der Waals surface area contributed by atoms with Crippen molar-refractivity contribution in [2.24, 2.45) is 5.73 Å². The van der Waals surface area contributed by atoms with Crippen molar-refractivity contribution in [3.8, 4) is 5.75 Å². The van der Waals surface area contributed by atoms with Crippen molar-refractivity contribution in [1.82, 2.24) is 4.98 Å². The van der Waals surface area contributed by atoms with Crippen LogP contribution in [0, 0.1) is 0 Å². The van der Waals surface area contributed by atoms with Crippen LogP contribution in [0.5, 0.6) is 5.75 Å². The second kappa shape index (κ2) is 3.11. The van der Waals surface area contributed by atoms with Gasteiger partial charge in [0, 0.05) is 29.9 Å². The molecule has 0 fully saturated rings. The zero-order valence-corrected chi connectivity index (χ0v) is 7.50. The normalized spacial score (nSPS) is 10.6. The first-order valence-electron chi connectivity index (χ1n) is 4.19. The van der Waals surface area contributed by atoms with Crippen LogP contribution < -0.4 is 10.5 Å². The Morgan fingerprint density at radius 2 is 2.31 bits per heavy atom. The van der Waals surface area contributed by atoms with E-state index < -0.39 is 0 Å². The fraction of sp³-hybridized carbons (Fsp3) is 0.200. The third kappa shape index (κ3) is 1.27. The molecule has 3 N–H and O–H groups in total. The number of nitrogens with one attached hydrogen (secondary N) is 1. The van der Waals surface area contributed by atoms with E-state index in [1.165, 1.54) is 5.39 Å². The molecule has 3 heteroatoms. The Bertz CT molecular complexity index is 382. The van der Waals surface area contributed by atoms with Gasteiger partial charge >= 0.3 is 0 Å². The Morgan fingerprint density at radius 1 is 1.46 bits per heavy atom. The van der Waals surface area contributed by atoms with E-state index in [0.29, 0.717) is 6.54 Å². The lowest BCUT2D eigenvalue weighted by Crippen LogP contribution is -1.99. The molecule has 0 atom stereocenters. The number of aromatic nitrogens is 1. The molecular formula is C10H12N2O. The van der Waals surface area contributed by atoms with E-state index in [4.69, 9.17) is 10.5 Å². The van der Waals surface area contributed by atoms with Gasteiger partial charge in [0.1, 0.15) is 5.75 Å². The number of ether oxygens (including phenoxy) is 1. The first-order valence-corrected chi connectivity index (χ1v) is 4.19. The molecule has 0 saturated carbocycles. The highest BCUT2D eigenvalue weighted by atomic mass is 16.5. The summed E-state index contributed by atoms with van der Waals surface area (Å²) < 4.78 is 5.21. The number of nitrogens with two attached hydrogens (primary N) is 1. The molecule has 1 aromatic carbocycles. The maximum atomic E-state index is 5.60. The minimum absolute atomic E-state index is 0.504. The molecule has 0 aliphatic heterocycles. The number of rotatable bonds is 2. The summed E-state index contributed by atoms with van der Waals surface area (Å²) in [5, 5.41) is 1.17. The lowest BCUT2D eigenvalue weighted by molar-refractivity contribution is 0.410. The van der Waals surface area contributed by atoms with Crippen LogP contribution in [0.3, 0.4) is 0 Å². The molecule has 0 amide bonds. The Balaban J connectivity index is 2.67. The van der Waals surface area contributed by atoms with Crippen LogP contribution in [0.25, 0.3) is 10.9 Å². The molecule has 0 saturated heterocycles. The van der Waals surface area contributed by atoms with Crippen LogP contribution in [0.1, 0.15) is 5.56 Å². The van der Waals surface area contributed by atoms with Crippen LogP contribution >= 0.6 is 0 Å². The van der Waals surface area contributed by atoms with Gasteiger partial charge in [-0.1, -0.05) is 0 Å². The number of H-pyrrole nitrogens is 1. The van der Waals surface area contributed by atoms with Gasteiger partial charge < -0.3 is 15.5 Å². The van der Waals surface area contributed by atoms with Crippen LogP contribution in [-0.4, -0.2) is 12.1 Å². The highest BCUT2D eigenvalue weighted by Gasteiger charge is 2.03. The van der Waals surface area contributed by atoms with Crippen LogP contribution in [-0.2, 0) is 6.54 Å². The molecule has 0 spiro atoms. The number of aromatic amines is 1. The largest absolute Gasteiger partial charge is 0.496 e. The van der Waals surface area contributed by atoms with E-state index in [-0.39, 0.29) is 0 Å². The van der Waals surface area contributed by atoms with Crippen molar-refractivity contribution < 1.29 is 4.74 Å². The lowest BCUT2D eigenvalue weighted by Gasteiger charge is -2.06. The monoisotopic (exact) mass is 176 g/mol. The minimum atomic E-state index is 0.504. The maximum Gasteiger partial charge on any atom is 0.125 e. The molecule has 0 unspecified atom stereocenters. The van der Waals surface area contributed by atoms with Gasteiger partial charge in [0.25, 0.3) is 0 Å². The van der Waals surface area contributed by atoms with Crippen molar-refractivity contribution in [1.29, 1.82) is 0 Å². The van der Waals surface area contributed by atoms with E-state index in [1.807, 2.05) is 24.4 Å². The summed E-state index contributed by atoms with van der Waals surface area (Å²) in [6, 6.07) is 6.04. The van der Waals surface area contributed by atoms with Gasteiger partial charge in [-0.15, -0.1) is 0 Å². The Kier molecular flexibility index (Phi) is 1.94. The molecule has 3 nitrogen and oxygen atoms in total. The lowest BCUT2D eigenvalue weighted by atomic mass is 10.1. The number of hydrogen-bond donors (Lipinski definition) is 2. The van der Waals surface area contributed by atoms with Gasteiger partial charge in [0.2, 0.25) is 0 Å². The standard InChI is InChI=1S/C10H12N2O/c1-13-10-5-9-7(2-3-12-9)4-8(10)6-11/h2-5,12H,6,11H2,1H3. The number of benzene rings is 1. The Morgan fingerprint density at radius 3 is 3.00 bits per heavy atom. The Labute approximate surface area is 76.5 Å². The first-order chi connectivity index (χ1) is 6.35. The average molecular weight is 176 g/mol. The third-order valence-electron chi connectivity index (χ3n) is 2.17. The molecular weight excluding hydrogens is 164 g/mol. The number of hydrogen-bond acceptors (Lipinski definition) is 2. The molecule has 0 aliphatic carbocycles. The molecule has 1 heterocycles. The molecule has 2 rings (SSSR count). The highest BCUT2D eigenvalue weighted by Crippen LogP contribution is 2.24. The zero-order valence-electron chi connectivity index (χ0n) is 7.50. The first kappa shape index (κ1) is 8.13. The van der Waals surface area contributed by atoms with Crippen molar-refractivity contribution in [3.63, 3.8) is 0 Å². The van der Waals surface area contributed by atoms with E-state index >= 15 is 0 Å². The van der Waals surface area contributed by atoms with Crippen molar-refractivity contribution in [3.05, 3.63) is 30.0 Å². The Hall–Kier alpha value is -1.48. The zero-order chi connectivity index (χ0) is 9.26. The minimum Gasteiger partial charge on any atom is -0.496 e.